The Balaban J connectivity index is 1.25. The molecule has 0 amide bonds. The van der Waals surface area contributed by atoms with Crippen LogP contribution in [0.15, 0.2) is 67.0 Å². The predicted molar refractivity (Wildman–Crippen MR) is 141 cm³/mol. The molecule has 1 aliphatic carbocycles. The van der Waals surface area contributed by atoms with Crippen molar-refractivity contribution in [2.45, 2.75) is 18.9 Å². The summed E-state index contributed by atoms with van der Waals surface area (Å²) in [6.45, 7) is 5.08. The lowest BCUT2D eigenvalue weighted by atomic mass is 10.0. The number of imidazole rings is 1. The van der Waals surface area contributed by atoms with Gasteiger partial charge in [0.2, 0.25) is 0 Å². The summed E-state index contributed by atoms with van der Waals surface area (Å²) in [6, 6.07) is 18.4. The number of nitrogens with zero attached hydrogens (tertiary/aromatic N) is 3. The molecule has 1 atom stereocenters. The second-order valence-corrected chi connectivity index (χ2v) is 9.51. The van der Waals surface area contributed by atoms with Crippen molar-refractivity contribution in [2.24, 2.45) is 0 Å². The number of rotatable bonds is 8. The largest absolute Gasteiger partial charge is 0.492 e. The Morgan fingerprint density at radius 3 is 2.57 bits per heavy atom. The standard InChI is InChI=1S/C29H31N5O3/c35-33-26-8-4-22-19-23(3-7-25(22)26)28-27(20-9-11-30-12-10-20)31-29(32-28)21-1-5-24(6-2-21)37-18-15-34-13-16-36-17-14-34/h1-3,5-7,9-12,19,26,33,35H,4,8,13-18H2,(H,31,32). The third kappa shape index (κ3) is 5.14. The number of hydrogen-bond donors (Lipinski definition) is 3. The van der Waals surface area contributed by atoms with Gasteiger partial charge in [-0.25, -0.2) is 4.98 Å². The van der Waals surface area contributed by atoms with Crippen LogP contribution in [0, 0.1) is 0 Å². The van der Waals surface area contributed by atoms with Crippen LogP contribution in [-0.2, 0) is 11.2 Å². The highest BCUT2D eigenvalue weighted by Gasteiger charge is 2.23. The van der Waals surface area contributed by atoms with E-state index in [2.05, 4.69) is 38.5 Å². The van der Waals surface area contributed by atoms with Crippen LogP contribution in [0.2, 0.25) is 0 Å². The Morgan fingerprint density at radius 1 is 1.00 bits per heavy atom. The van der Waals surface area contributed by atoms with Gasteiger partial charge in [-0.05, 0) is 66.4 Å². The zero-order valence-corrected chi connectivity index (χ0v) is 20.7. The van der Waals surface area contributed by atoms with Crippen LogP contribution in [0.4, 0.5) is 0 Å². The number of hydrogen-bond acceptors (Lipinski definition) is 7. The van der Waals surface area contributed by atoms with E-state index in [0.29, 0.717) is 6.61 Å². The quantitative estimate of drug-likeness (QED) is 0.309. The number of aryl methyl sites for hydroxylation is 1. The minimum absolute atomic E-state index is 0.00642. The van der Waals surface area contributed by atoms with Gasteiger partial charge in [0.1, 0.15) is 18.2 Å². The predicted octanol–water partition coefficient (Wildman–Crippen LogP) is 4.48. The van der Waals surface area contributed by atoms with Crippen molar-refractivity contribution in [3.05, 3.63) is 78.1 Å². The molecule has 6 rings (SSSR count). The molecule has 1 unspecified atom stereocenters. The summed E-state index contributed by atoms with van der Waals surface area (Å²) in [5.41, 5.74) is 9.75. The van der Waals surface area contributed by atoms with Crippen LogP contribution in [0.25, 0.3) is 33.9 Å². The van der Waals surface area contributed by atoms with Crippen molar-refractivity contribution in [3.8, 4) is 39.7 Å². The van der Waals surface area contributed by atoms with Gasteiger partial charge in [0.15, 0.2) is 0 Å². The second-order valence-electron chi connectivity index (χ2n) is 9.51. The minimum Gasteiger partial charge on any atom is -0.492 e. The zero-order chi connectivity index (χ0) is 25.0. The lowest BCUT2D eigenvalue weighted by Gasteiger charge is -2.26. The molecule has 3 heterocycles. The summed E-state index contributed by atoms with van der Waals surface area (Å²) < 4.78 is 11.4. The van der Waals surface area contributed by atoms with Crippen LogP contribution in [0.1, 0.15) is 23.6 Å². The molecular formula is C29H31N5O3. The van der Waals surface area contributed by atoms with Gasteiger partial charge in [0.25, 0.3) is 0 Å². The van der Waals surface area contributed by atoms with Gasteiger partial charge in [0, 0.05) is 48.7 Å². The molecule has 0 radical (unpaired) electrons. The molecule has 4 aromatic rings. The second kappa shape index (κ2) is 10.8. The van der Waals surface area contributed by atoms with Crippen molar-refractivity contribution in [3.63, 3.8) is 0 Å². The Kier molecular flexibility index (Phi) is 6.96. The number of fused-ring (bicyclic) bond motifs is 1. The zero-order valence-electron chi connectivity index (χ0n) is 20.7. The molecule has 0 saturated carbocycles. The topological polar surface area (TPSA) is 95.5 Å². The molecule has 8 heteroatoms. The molecular weight excluding hydrogens is 466 g/mol. The molecule has 37 heavy (non-hydrogen) atoms. The van der Waals surface area contributed by atoms with E-state index in [9.17, 15) is 5.21 Å². The monoisotopic (exact) mass is 497 g/mol. The van der Waals surface area contributed by atoms with Gasteiger partial charge in [-0.1, -0.05) is 12.1 Å². The third-order valence-electron chi connectivity index (χ3n) is 7.23. The number of pyridine rings is 1. The van der Waals surface area contributed by atoms with Gasteiger partial charge >= 0.3 is 0 Å². The first-order chi connectivity index (χ1) is 18.3. The van der Waals surface area contributed by atoms with E-state index in [4.69, 9.17) is 14.5 Å². The molecule has 1 aliphatic heterocycles. The first-order valence-electron chi connectivity index (χ1n) is 12.8. The summed E-state index contributed by atoms with van der Waals surface area (Å²) in [4.78, 5) is 15.1. The number of morpholine rings is 1. The average Bonchev–Trinajstić information content (AvgIpc) is 3.59. The van der Waals surface area contributed by atoms with Crippen molar-refractivity contribution < 1.29 is 14.7 Å². The van der Waals surface area contributed by atoms with E-state index < -0.39 is 0 Å². The lowest BCUT2D eigenvalue weighted by Crippen LogP contribution is -2.38. The molecule has 3 N–H and O–H groups in total. The van der Waals surface area contributed by atoms with Gasteiger partial charge in [0.05, 0.1) is 30.6 Å². The summed E-state index contributed by atoms with van der Waals surface area (Å²) in [6.07, 6.45) is 5.40. The van der Waals surface area contributed by atoms with E-state index in [0.717, 1.165) is 90.9 Å². The first kappa shape index (κ1) is 23.8. The van der Waals surface area contributed by atoms with Crippen LogP contribution in [0.3, 0.4) is 0 Å². The number of H-pyrrole nitrogens is 1. The molecule has 2 aromatic heterocycles. The van der Waals surface area contributed by atoms with Crippen molar-refractivity contribution in [1.29, 1.82) is 0 Å². The molecule has 2 aliphatic rings. The van der Waals surface area contributed by atoms with Gasteiger partial charge in [-0.2, -0.15) is 5.48 Å². The average molecular weight is 498 g/mol. The Hall–Kier alpha value is -3.56. The van der Waals surface area contributed by atoms with Crippen LogP contribution >= 0.6 is 0 Å². The molecule has 1 saturated heterocycles. The van der Waals surface area contributed by atoms with Crippen molar-refractivity contribution in [1.82, 2.24) is 25.3 Å². The van der Waals surface area contributed by atoms with Crippen molar-refractivity contribution in [2.75, 3.05) is 39.5 Å². The molecule has 190 valence electrons. The van der Waals surface area contributed by atoms with E-state index >= 15 is 0 Å². The van der Waals surface area contributed by atoms with Gasteiger partial charge < -0.3 is 19.7 Å². The Morgan fingerprint density at radius 2 is 1.78 bits per heavy atom. The molecule has 0 spiro atoms. The highest BCUT2D eigenvalue weighted by Crippen LogP contribution is 2.37. The number of aromatic amines is 1. The Labute approximate surface area is 216 Å². The normalized spacial score (nSPS) is 17.6. The van der Waals surface area contributed by atoms with Crippen LogP contribution < -0.4 is 10.2 Å². The fourth-order valence-corrected chi connectivity index (χ4v) is 5.17. The van der Waals surface area contributed by atoms with E-state index in [1.165, 1.54) is 5.56 Å². The maximum atomic E-state index is 9.46. The molecule has 0 bridgehead atoms. The minimum atomic E-state index is -0.00642. The number of aromatic nitrogens is 3. The summed E-state index contributed by atoms with van der Waals surface area (Å²) in [7, 11) is 0. The number of nitrogens with one attached hydrogen (secondary N) is 2. The van der Waals surface area contributed by atoms with Crippen molar-refractivity contribution >= 4 is 0 Å². The van der Waals surface area contributed by atoms with E-state index in [1.54, 1.807) is 12.4 Å². The number of benzene rings is 2. The van der Waals surface area contributed by atoms with Crippen LogP contribution in [-0.4, -0.2) is 64.5 Å². The van der Waals surface area contributed by atoms with Gasteiger partial charge in [-0.15, -0.1) is 0 Å². The highest BCUT2D eigenvalue weighted by molar-refractivity contribution is 5.81. The molecule has 8 nitrogen and oxygen atoms in total. The number of hydroxylamine groups is 1. The lowest BCUT2D eigenvalue weighted by molar-refractivity contribution is 0.0322. The van der Waals surface area contributed by atoms with Gasteiger partial charge in [-0.3, -0.25) is 9.88 Å². The SMILES string of the molecule is ONC1CCc2cc(-c3nc(-c4ccc(OCCN5CCOCC5)cc4)[nH]c3-c3ccncc3)ccc21. The van der Waals surface area contributed by atoms with E-state index in [1.807, 2.05) is 36.4 Å². The maximum Gasteiger partial charge on any atom is 0.138 e. The third-order valence-corrected chi connectivity index (χ3v) is 7.23. The first-order valence-corrected chi connectivity index (χ1v) is 12.8. The fourth-order valence-electron chi connectivity index (χ4n) is 5.17. The molecule has 2 aromatic carbocycles. The summed E-state index contributed by atoms with van der Waals surface area (Å²) in [5.74, 6) is 1.65. The fraction of sp³-hybridized carbons (Fsp3) is 0.310. The Bertz CT molecular complexity index is 1330. The molecule has 1 fully saturated rings. The summed E-state index contributed by atoms with van der Waals surface area (Å²) in [5, 5.41) is 9.46. The smallest absolute Gasteiger partial charge is 0.138 e. The summed E-state index contributed by atoms with van der Waals surface area (Å²) >= 11 is 0. The van der Waals surface area contributed by atoms with E-state index in [-0.39, 0.29) is 6.04 Å². The highest BCUT2D eigenvalue weighted by atomic mass is 16.5. The number of ether oxygens (including phenoxy) is 2. The van der Waals surface area contributed by atoms with Crippen LogP contribution in [0.5, 0.6) is 5.75 Å². The maximum absolute atomic E-state index is 9.46.